The molecule has 0 bridgehead atoms. The molecule has 0 saturated heterocycles. The number of amides is 1. The van der Waals surface area contributed by atoms with Crippen molar-refractivity contribution in [1.29, 1.82) is 0 Å². The molecule has 1 amide bonds. The number of aryl methyl sites for hydroxylation is 3. The molecule has 2 aromatic rings. The maximum Gasteiger partial charge on any atom is 0.251 e. The molecule has 0 fully saturated rings. The number of ether oxygens (including phenoxy) is 1. The van der Waals surface area contributed by atoms with Crippen molar-refractivity contribution < 1.29 is 9.53 Å². The second-order valence-electron chi connectivity index (χ2n) is 6.05. The zero-order valence-electron chi connectivity index (χ0n) is 14.7. The summed E-state index contributed by atoms with van der Waals surface area (Å²) in [6.45, 7) is 7.64. The lowest BCUT2D eigenvalue weighted by Crippen LogP contribution is -2.26. The van der Waals surface area contributed by atoms with Gasteiger partial charge in [-0.25, -0.2) is 0 Å². The minimum absolute atomic E-state index is 0.0858. The number of carbonyl (C=O) groups is 1. The highest BCUT2D eigenvalue weighted by Gasteiger charge is 2.09. The molecule has 3 N–H and O–H groups in total. The van der Waals surface area contributed by atoms with E-state index >= 15 is 0 Å². The third-order valence-corrected chi connectivity index (χ3v) is 4.00. The van der Waals surface area contributed by atoms with Crippen LogP contribution in [-0.2, 0) is 6.42 Å². The molecular weight excluding hydrogens is 300 g/mol. The highest BCUT2D eigenvalue weighted by molar-refractivity contribution is 5.94. The fourth-order valence-electron chi connectivity index (χ4n) is 2.60. The Bertz CT molecular complexity index is 711. The van der Waals surface area contributed by atoms with E-state index in [0.29, 0.717) is 31.0 Å². The molecule has 24 heavy (non-hydrogen) atoms. The van der Waals surface area contributed by atoms with Gasteiger partial charge in [0, 0.05) is 18.7 Å². The van der Waals surface area contributed by atoms with Crippen LogP contribution < -0.4 is 15.8 Å². The molecule has 0 aromatic heterocycles. The number of nitrogens with two attached hydrogens (primary N) is 1. The SMILES string of the molecule is Cc1ccc(CCNC(=O)c2ccc(C)c(OCCN)c2)c(C)c1. The minimum atomic E-state index is -0.0858. The van der Waals surface area contributed by atoms with E-state index in [1.54, 1.807) is 6.07 Å². The molecule has 4 nitrogen and oxygen atoms in total. The van der Waals surface area contributed by atoms with Gasteiger partial charge in [0.1, 0.15) is 12.4 Å². The van der Waals surface area contributed by atoms with Crippen LogP contribution in [0.25, 0.3) is 0 Å². The molecule has 0 aliphatic rings. The Morgan fingerprint density at radius 2 is 1.88 bits per heavy atom. The highest BCUT2D eigenvalue weighted by atomic mass is 16.5. The second kappa shape index (κ2) is 8.50. The number of rotatable bonds is 7. The van der Waals surface area contributed by atoms with Crippen LogP contribution in [0.1, 0.15) is 32.6 Å². The fourth-order valence-corrected chi connectivity index (χ4v) is 2.60. The van der Waals surface area contributed by atoms with Crippen molar-refractivity contribution in [2.45, 2.75) is 27.2 Å². The number of hydrogen-bond donors (Lipinski definition) is 2. The summed E-state index contributed by atoms with van der Waals surface area (Å²) in [6, 6.07) is 11.9. The van der Waals surface area contributed by atoms with E-state index in [4.69, 9.17) is 10.5 Å². The summed E-state index contributed by atoms with van der Waals surface area (Å²) < 4.78 is 5.57. The first-order chi connectivity index (χ1) is 11.5. The first kappa shape index (κ1) is 18.0. The van der Waals surface area contributed by atoms with Crippen LogP contribution in [0.4, 0.5) is 0 Å². The van der Waals surface area contributed by atoms with Crippen molar-refractivity contribution in [3.8, 4) is 5.75 Å². The Morgan fingerprint density at radius 1 is 1.08 bits per heavy atom. The van der Waals surface area contributed by atoms with Crippen molar-refractivity contribution >= 4 is 5.91 Å². The molecule has 0 atom stereocenters. The Morgan fingerprint density at radius 3 is 2.58 bits per heavy atom. The van der Waals surface area contributed by atoms with Gasteiger partial charge in [-0.15, -0.1) is 0 Å². The van der Waals surface area contributed by atoms with Gasteiger partial charge in [0.15, 0.2) is 0 Å². The average molecular weight is 326 g/mol. The molecule has 0 heterocycles. The minimum Gasteiger partial charge on any atom is -0.492 e. The predicted molar refractivity (Wildman–Crippen MR) is 97.7 cm³/mol. The maximum atomic E-state index is 12.3. The standard InChI is InChI=1S/C20H26N2O2/c1-14-4-6-17(16(3)12-14)8-10-22-20(23)18-7-5-15(2)19(13-18)24-11-9-21/h4-7,12-13H,8-11,21H2,1-3H3,(H,22,23). The zero-order chi connectivity index (χ0) is 17.5. The normalized spacial score (nSPS) is 10.5. The molecule has 0 unspecified atom stereocenters. The summed E-state index contributed by atoms with van der Waals surface area (Å²) in [4.78, 5) is 12.3. The predicted octanol–water partition coefficient (Wildman–Crippen LogP) is 2.92. The molecule has 2 rings (SSSR count). The van der Waals surface area contributed by atoms with E-state index in [2.05, 4.69) is 37.4 Å². The largest absolute Gasteiger partial charge is 0.492 e. The van der Waals surface area contributed by atoms with E-state index in [0.717, 1.165) is 12.0 Å². The van der Waals surface area contributed by atoms with Gasteiger partial charge in [0.2, 0.25) is 0 Å². The molecular formula is C20H26N2O2. The summed E-state index contributed by atoms with van der Waals surface area (Å²) in [7, 11) is 0. The molecule has 128 valence electrons. The Balaban J connectivity index is 1.94. The first-order valence-electron chi connectivity index (χ1n) is 8.29. The molecule has 0 aliphatic carbocycles. The molecule has 0 saturated carbocycles. The summed E-state index contributed by atoms with van der Waals surface area (Å²) in [5.74, 6) is 0.625. The summed E-state index contributed by atoms with van der Waals surface area (Å²) in [5, 5.41) is 2.97. The van der Waals surface area contributed by atoms with Crippen LogP contribution >= 0.6 is 0 Å². The van der Waals surface area contributed by atoms with Crippen LogP contribution in [-0.4, -0.2) is 25.6 Å². The van der Waals surface area contributed by atoms with Crippen LogP contribution in [0, 0.1) is 20.8 Å². The van der Waals surface area contributed by atoms with E-state index in [-0.39, 0.29) is 5.91 Å². The van der Waals surface area contributed by atoms with Gasteiger partial charge in [-0.3, -0.25) is 4.79 Å². The molecule has 0 radical (unpaired) electrons. The lowest BCUT2D eigenvalue weighted by Gasteiger charge is -2.11. The number of carbonyl (C=O) groups excluding carboxylic acids is 1. The van der Waals surface area contributed by atoms with Crippen molar-refractivity contribution in [1.82, 2.24) is 5.32 Å². The van der Waals surface area contributed by atoms with Gasteiger partial charge in [0.05, 0.1) is 0 Å². The quantitative estimate of drug-likeness (QED) is 0.822. The summed E-state index contributed by atoms with van der Waals surface area (Å²) >= 11 is 0. The van der Waals surface area contributed by atoms with E-state index in [9.17, 15) is 4.79 Å². The summed E-state index contributed by atoms with van der Waals surface area (Å²) in [5.41, 5.74) is 10.8. The Kier molecular flexibility index (Phi) is 6.38. The van der Waals surface area contributed by atoms with Gasteiger partial charge in [-0.2, -0.15) is 0 Å². The lowest BCUT2D eigenvalue weighted by molar-refractivity contribution is 0.0953. The van der Waals surface area contributed by atoms with Crippen molar-refractivity contribution in [2.24, 2.45) is 5.73 Å². The zero-order valence-corrected chi connectivity index (χ0v) is 14.7. The smallest absolute Gasteiger partial charge is 0.251 e. The maximum absolute atomic E-state index is 12.3. The number of benzene rings is 2. The van der Waals surface area contributed by atoms with Crippen LogP contribution in [0.5, 0.6) is 5.75 Å². The van der Waals surface area contributed by atoms with Gasteiger partial charge in [-0.1, -0.05) is 29.8 Å². The van der Waals surface area contributed by atoms with Gasteiger partial charge in [0.25, 0.3) is 5.91 Å². The Labute approximate surface area is 144 Å². The first-order valence-corrected chi connectivity index (χ1v) is 8.29. The van der Waals surface area contributed by atoms with E-state index < -0.39 is 0 Å². The number of nitrogens with one attached hydrogen (secondary N) is 1. The van der Waals surface area contributed by atoms with Gasteiger partial charge in [-0.05, 0) is 56.0 Å². The Hall–Kier alpha value is -2.33. The van der Waals surface area contributed by atoms with Crippen molar-refractivity contribution in [3.05, 3.63) is 64.2 Å². The van der Waals surface area contributed by atoms with Crippen LogP contribution in [0.2, 0.25) is 0 Å². The summed E-state index contributed by atoms with van der Waals surface area (Å²) in [6.07, 6.45) is 0.820. The lowest BCUT2D eigenvalue weighted by atomic mass is 10.0. The highest BCUT2D eigenvalue weighted by Crippen LogP contribution is 2.19. The molecule has 2 aromatic carbocycles. The van der Waals surface area contributed by atoms with Gasteiger partial charge >= 0.3 is 0 Å². The molecule has 0 spiro atoms. The van der Waals surface area contributed by atoms with Crippen LogP contribution in [0.15, 0.2) is 36.4 Å². The topological polar surface area (TPSA) is 64.3 Å². The van der Waals surface area contributed by atoms with Gasteiger partial charge < -0.3 is 15.8 Å². The third-order valence-electron chi connectivity index (χ3n) is 4.00. The number of hydrogen-bond acceptors (Lipinski definition) is 3. The van der Waals surface area contributed by atoms with E-state index in [1.165, 1.54) is 16.7 Å². The van der Waals surface area contributed by atoms with Crippen molar-refractivity contribution in [3.63, 3.8) is 0 Å². The monoisotopic (exact) mass is 326 g/mol. The van der Waals surface area contributed by atoms with E-state index in [1.807, 2.05) is 19.1 Å². The average Bonchev–Trinajstić information content (AvgIpc) is 2.56. The second-order valence-corrected chi connectivity index (χ2v) is 6.05. The van der Waals surface area contributed by atoms with Crippen LogP contribution in [0.3, 0.4) is 0 Å². The molecule has 0 aliphatic heterocycles. The van der Waals surface area contributed by atoms with Crippen molar-refractivity contribution in [2.75, 3.05) is 19.7 Å². The fraction of sp³-hybridized carbons (Fsp3) is 0.350. The molecule has 4 heteroatoms. The third kappa shape index (κ3) is 4.83.